The molecular formula is C50H43NS. The Kier molecular flexibility index (Phi) is 6.48. The Bertz CT molecular complexity index is 2730. The number of rotatable bonds is 2. The minimum absolute atomic E-state index is 0.0238. The summed E-state index contributed by atoms with van der Waals surface area (Å²) in [6.45, 7) is 16.2. The van der Waals surface area contributed by atoms with Gasteiger partial charge in [-0.1, -0.05) is 151 Å². The molecule has 1 heterocycles. The smallest absolute Gasteiger partial charge is 0.0726 e. The second kappa shape index (κ2) is 10.7. The Hall–Kier alpha value is -5.18. The molecule has 0 saturated heterocycles. The lowest BCUT2D eigenvalue weighted by atomic mass is 9.68. The SMILES string of the molecule is Cc1cccc2c1sc1c(Nc3ccc4c(c3)C3(c5ccccc5-4)c4cc(C(C)(C)C)ccc4-c4ccc(C(C)(C)C)cc43)cc3ccccc3c12. The van der Waals surface area contributed by atoms with Crippen LogP contribution in [0, 0.1) is 6.92 Å². The van der Waals surface area contributed by atoms with Gasteiger partial charge in [0.1, 0.15) is 0 Å². The van der Waals surface area contributed by atoms with Crippen molar-refractivity contribution in [2.75, 3.05) is 5.32 Å². The normalized spacial score (nSPS) is 14.2. The van der Waals surface area contributed by atoms with Crippen LogP contribution in [-0.4, -0.2) is 0 Å². The first-order valence-corrected chi connectivity index (χ1v) is 19.4. The van der Waals surface area contributed by atoms with Gasteiger partial charge in [-0.2, -0.15) is 0 Å². The molecule has 52 heavy (non-hydrogen) atoms. The molecule has 1 nitrogen and oxygen atoms in total. The standard InChI is InChI=1S/C50H43NS/c1-29-13-12-17-39-45-34-15-9-8-14-30(34)25-44(47(45)52-46(29)39)51-33-21-24-38-35-16-10-11-18-40(35)50(43(38)28-33)41-26-31(48(2,3)4)19-22-36(41)37-23-20-32(27-42(37)50)49(5,6)7/h8-28,51H,1-7H3. The maximum atomic E-state index is 4.01. The fourth-order valence-corrected chi connectivity index (χ4v) is 10.5. The van der Waals surface area contributed by atoms with E-state index in [0.29, 0.717) is 0 Å². The minimum Gasteiger partial charge on any atom is -0.354 e. The molecule has 10 rings (SSSR count). The number of hydrogen-bond acceptors (Lipinski definition) is 2. The predicted octanol–water partition coefficient (Wildman–Crippen LogP) is 14.2. The summed E-state index contributed by atoms with van der Waals surface area (Å²) in [5.41, 5.74) is 16.9. The summed E-state index contributed by atoms with van der Waals surface area (Å²) in [7, 11) is 0. The number of thiophene rings is 1. The van der Waals surface area contributed by atoms with Crippen molar-refractivity contribution < 1.29 is 0 Å². The second-order valence-corrected chi connectivity index (χ2v) is 18.1. The number of aryl methyl sites for hydroxylation is 1. The third-order valence-electron chi connectivity index (χ3n) is 11.9. The highest BCUT2D eigenvalue weighted by Gasteiger charge is 2.52. The first kappa shape index (κ1) is 31.5. The van der Waals surface area contributed by atoms with E-state index in [4.69, 9.17) is 0 Å². The molecular weight excluding hydrogens is 647 g/mol. The van der Waals surface area contributed by atoms with Crippen molar-refractivity contribution in [2.24, 2.45) is 0 Å². The number of nitrogens with one attached hydrogen (secondary N) is 1. The van der Waals surface area contributed by atoms with Gasteiger partial charge in [0.25, 0.3) is 0 Å². The van der Waals surface area contributed by atoms with Crippen molar-refractivity contribution in [3.05, 3.63) is 166 Å². The van der Waals surface area contributed by atoms with E-state index in [0.717, 1.165) is 11.4 Å². The molecule has 2 heteroatoms. The molecule has 0 amide bonds. The first-order chi connectivity index (χ1) is 24.9. The van der Waals surface area contributed by atoms with Crippen LogP contribution in [0.3, 0.4) is 0 Å². The summed E-state index contributed by atoms with van der Waals surface area (Å²) in [4.78, 5) is 0. The monoisotopic (exact) mass is 689 g/mol. The molecule has 1 spiro atoms. The van der Waals surface area contributed by atoms with E-state index in [2.05, 4.69) is 181 Å². The van der Waals surface area contributed by atoms with Crippen molar-refractivity contribution in [3.8, 4) is 22.3 Å². The molecule has 0 unspecified atom stereocenters. The first-order valence-electron chi connectivity index (χ1n) is 18.6. The van der Waals surface area contributed by atoms with Gasteiger partial charge in [-0.15, -0.1) is 11.3 Å². The Balaban J connectivity index is 1.25. The fraction of sp³-hybridized carbons (Fsp3) is 0.200. The van der Waals surface area contributed by atoms with Crippen molar-refractivity contribution in [3.63, 3.8) is 0 Å². The molecule has 254 valence electrons. The maximum Gasteiger partial charge on any atom is 0.0726 e. The average Bonchev–Trinajstić information content (AvgIpc) is 3.76. The van der Waals surface area contributed by atoms with Crippen LogP contribution in [0.5, 0.6) is 0 Å². The van der Waals surface area contributed by atoms with Crippen molar-refractivity contribution in [2.45, 2.75) is 64.7 Å². The Morgan fingerprint density at radius 1 is 0.500 bits per heavy atom. The zero-order valence-corrected chi connectivity index (χ0v) is 31.8. The highest BCUT2D eigenvalue weighted by Crippen LogP contribution is 2.64. The third-order valence-corrected chi connectivity index (χ3v) is 13.3. The molecule has 2 aliphatic carbocycles. The summed E-state index contributed by atoms with van der Waals surface area (Å²) in [6.07, 6.45) is 0. The summed E-state index contributed by atoms with van der Waals surface area (Å²) < 4.78 is 2.67. The quantitative estimate of drug-likeness (QED) is 0.190. The van der Waals surface area contributed by atoms with Gasteiger partial charge in [-0.25, -0.2) is 0 Å². The molecule has 0 fully saturated rings. The summed E-state index contributed by atoms with van der Waals surface area (Å²) in [5.74, 6) is 0. The van der Waals surface area contributed by atoms with E-state index in [1.807, 2.05) is 11.3 Å². The van der Waals surface area contributed by atoms with Crippen molar-refractivity contribution in [1.29, 1.82) is 0 Å². The fourth-order valence-electron chi connectivity index (χ4n) is 9.23. The van der Waals surface area contributed by atoms with Gasteiger partial charge in [0.2, 0.25) is 0 Å². The largest absolute Gasteiger partial charge is 0.354 e. The molecule has 0 saturated carbocycles. The van der Waals surface area contributed by atoms with Crippen LogP contribution in [0.1, 0.15) is 80.5 Å². The van der Waals surface area contributed by atoms with E-state index in [1.165, 1.54) is 92.1 Å². The van der Waals surface area contributed by atoms with Gasteiger partial charge < -0.3 is 5.32 Å². The van der Waals surface area contributed by atoms with Gasteiger partial charge in [0.05, 0.1) is 15.8 Å². The molecule has 0 radical (unpaired) electrons. The van der Waals surface area contributed by atoms with Crippen molar-refractivity contribution >= 4 is 53.7 Å². The zero-order chi connectivity index (χ0) is 35.7. The molecule has 0 bridgehead atoms. The number of benzene rings is 7. The van der Waals surface area contributed by atoms with Crippen LogP contribution in [0.25, 0.3) is 53.2 Å². The highest BCUT2D eigenvalue weighted by atomic mass is 32.1. The molecule has 7 aromatic carbocycles. The van der Waals surface area contributed by atoms with Crippen LogP contribution in [-0.2, 0) is 16.2 Å². The van der Waals surface area contributed by atoms with E-state index in [-0.39, 0.29) is 10.8 Å². The minimum atomic E-state index is -0.426. The van der Waals surface area contributed by atoms with Gasteiger partial charge in [-0.05, 0) is 108 Å². The van der Waals surface area contributed by atoms with Crippen molar-refractivity contribution in [1.82, 2.24) is 0 Å². The van der Waals surface area contributed by atoms with Gasteiger partial charge >= 0.3 is 0 Å². The van der Waals surface area contributed by atoms with E-state index in [9.17, 15) is 0 Å². The van der Waals surface area contributed by atoms with Gasteiger partial charge in [-0.3, -0.25) is 0 Å². The van der Waals surface area contributed by atoms with E-state index >= 15 is 0 Å². The molecule has 1 aromatic heterocycles. The molecule has 1 N–H and O–H groups in total. The van der Waals surface area contributed by atoms with Gasteiger partial charge in [0.15, 0.2) is 0 Å². The summed E-state index contributed by atoms with van der Waals surface area (Å²) in [6, 6.07) is 48.8. The zero-order valence-electron chi connectivity index (χ0n) is 31.0. The summed E-state index contributed by atoms with van der Waals surface area (Å²) in [5, 5.41) is 9.26. The molecule has 2 aliphatic rings. The van der Waals surface area contributed by atoms with Crippen LogP contribution in [0.4, 0.5) is 11.4 Å². The predicted molar refractivity (Wildman–Crippen MR) is 225 cm³/mol. The topological polar surface area (TPSA) is 12.0 Å². The number of anilines is 2. The van der Waals surface area contributed by atoms with Crippen LogP contribution in [0.2, 0.25) is 0 Å². The maximum absolute atomic E-state index is 4.01. The average molecular weight is 690 g/mol. The van der Waals surface area contributed by atoms with E-state index in [1.54, 1.807) is 0 Å². The lowest BCUT2D eigenvalue weighted by Gasteiger charge is -2.33. The second-order valence-electron chi connectivity index (χ2n) is 17.1. The van der Waals surface area contributed by atoms with Gasteiger partial charge in [0, 0.05) is 21.2 Å². The Morgan fingerprint density at radius 2 is 1.08 bits per heavy atom. The third kappa shape index (κ3) is 4.28. The Labute approximate surface area is 311 Å². The van der Waals surface area contributed by atoms with Crippen LogP contribution in [0.15, 0.2) is 127 Å². The van der Waals surface area contributed by atoms with Crippen LogP contribution < -0.4 is 5.32 Å². The number of hydrogen-bond donors (Lipinski definition) is 1. The molecule has 8 aromatic rings. The highest BCUT2D eigenvalue weighted by molar-refractivity contribution is 7.26. The Morgan fingerprint density at radius 3 is 1.77 bits per heavy atom. The van der Waals surface area contributed by atoms with Crippen LogP contribution >= 0.6 is 11.3 Å². The molecule has 0 atom stereocenters. The lowest BCUT2D eigenvalue weighted by Crippen LogP contribution is -2.27. The number of fused-ring (bicyclic) bond motifs is 15. The summed E-state index contributed by atoms with van der Waals surface area (Å²) >= 11 is 1.91. The molecule has 0 aliphatic heterocycles. The van der Waals surface area contributed by atoms with E-state index < -0.39 is 5.41 Å². The lowest BCUT2D eigenvalue weighted by molar-refractivity contribution is 0.586.